The predicted molar refractivity (Wildman–Crippen MR) is 92.2 cm³/mol. The molecule has 1 saturated heterocycles. The zero-order valence-corrected chi connectivity index (χ0v) is 15.7. The van der Waals surface area contributed by atoms with Crippen LogP contribution >= 0.6 is 11.6 Å². The number of carbonyl (C=O) groups excluding carboxylic acids is 3. The van der Waals surface area contributed by atoms with Gasteiger partial charge < -0.3 is 14.4 Å². The average Bonchev–Trinajstić information content (AvgIpc) is 2.64. The molecule has 2 atom stereocenters. The van der Waals surface area contributed by atoms with Gasteiger partial charge in [-0.05, 0) is 37.5 Å². The fourth-order valence-corrected chi connectivity index (χ4v) is 3.28. The molecule has 148 valence electrons. The molecule has 0 saturated carbocycles. The van der Waals surface area contributed by atoms with E-state index in [2.05, 4.69) is 0 Å². The van der Waals surface area contributed by atoms with Crippen LogP contribution in [0.15, 0.2) is 12.1 Å². The smallest absolute Gasteiger partial charge is 0.409 e. The zero-order chi connectivity index (χ0) is 20.1. The lowest BCUT2D eigenvalue weighted by Crippen LogP contribution is -2.43. The van der Waals surface area contributed by atoms with E-state index in [1.807, 2.05) is 0 Å². The lowest BCUT2D eigenvalue weighted by Gasteiger charge is -2.38. The molecule has 1 fully saturated rings. The molecule has 1 amide bonds. The van der Waals surface area contributed by atoms with Gasteiger partial charge in [-0.1, -0.05) is 11.6 Å². The minimum Gasteiger partial charge on any atom is -0.466 e. The summed E-state index contributed by atoms with van der Waals surface area (Å²) in [6.07, 6.45) is -0.643. The first kappa shape index (κ1) is 21.1. The van der Waals surface area contributed by atoms with E-state index >= 15 is 0 Å². The van der Waals surface area contributed by atoms with Gasteiger partial charge in [-0.2, -0.15) is 0 Å². The van der Waals surface area contributed by atoms with Crippen molar-refractivity contribution in [1.82, 2.24) is 4.90 Å². The highest BCUT2D eigenvalue weighted by atomic mass is 35.5. The van der Waals surface area contributed by atoms with Gasteiger partial charge in [0, 0.05) is 12.5 Å². The first-order valence-electron chi connectivity index (χ1n) is 8.45. The number of halogens is 3. The van der Waals surface area contributed by atoms with Crippen LogP contribution in [0, 0.1) is 17.6 Å². The van der Waals surface area contributed by atoms with Crippen LogP contribution in [0.4, 0.5) is 13.6 Å². The number of nitrogens with zero attached hydrogens (tertiary/aromatic N) is 1. The van der Waals surface area contributed by atoms with Crippen molar-refractivity contribution in [2.45, 2.75) is 32.2 Å². The van der Waals surface area contributed by atoms with Crippen molar-refractivity contribution in [2.75, 3.05) is 20.3 Å². The van der Waals surface area contributed by atoms with Gasteiger partial charge in [-0.25, -0.2) is 13.6 Å². The third kappa shape index (κ3) is 4.94. The van der Waals surface area contributed by atoms with Gasteiger partial charge in [-0.15, -0.1) is 0 Å². The molecule has 1 heterocycles. The first-order chi connectivity index (χ1) is 12.8. The van der Waals surface area contributed by atoms with E-state index in [9.17, 15) is 23.2 Å². The molecular weight excluding hydrogens is 384 g/mol. The van der Waals surface area contributed by atoms with E-state index in [4.69, 9.17) is 21.1 Å². The standard InChI is InChI=1S/C18H20ClF2NO5/c1-3-27-16(24)9-15(23)10-4-5-22(18(25)26-2)14(8-10)11-6-12(20)17(19)13(21)7-11/h6-7,10,14H,3-5,8-9H2,1-2H3/t10-,14-/m0/s1. The van der Waals surface area contributed by atoms with Gasteiger partial charge in [0.2, 0.25) is 0 Å². The van der Waals surface area contributed by atoms with Crippen molar-refractivity contribution in [1.29, 1.82) is 0 Å². The van der Waals surface area contributed by atoms with Crippen LogP contribution in [-0.2, 0) is 19.1 Å². The Kier molecular flexibility index (Phi) is 7.12. The number of hydrogen-bond donors (Lipinski definition) is 0. The van der Waals surface area contributed by atoms with E-state index in [-0.39, 0.29) is 37.3 Å². The summed E-state index contributed by atoms with van der Waals surface area (Å²) >= 11 is 5.52. The lowest BCUT2D eigenvalue weighted by molar-refractivity contribution is -0.146. The molecule has 0 unspecified atom stereocenters. The number of ketones is 1. The number of carbonyl (C=O) groups is 3. The second-order valence-corrected chi connectivity index (χ2v) is 6.53. The number of Topliss-reactive ketones (excluding diaryl/α,β-unsaturated/α-hetero) is 1. The highest BCUT2D eigenvalue weighted by molar-refractivity contribution is 6.30. The van der Waals surface area contributed by atoms with Crippen molar-refractivity contribution in [3.8, 4) is 0 Å². The minimum atomic E-state index is -0.962. The summed E-state index contributed by atoms with van der Waals surface area (Å²) in [6.45, 7) is 1.94. The summed E-state index contributed by atoms with van der Waals surface area (Å²) in [5, 5.41) is -0.644. The largest absolute Gasteiger partial charge is 0.466 e. The fraction of sp³-hybridized carbons (Fsp3) is 0.500. The third-order valence-corrected chi connectivity index (χ3v) is 4.84. The number of likely N-dealkylation sites (tertiary alicyclic amines) is 1. The predicted octanol–water partition coefficient (Wildman–Crippen LogP) is 3.66. The summed E-state index contributed by atoms with van der Waals surface area (Å²) in [7, 11) is 1.19. The number of methoxy groups -OCH3 is 1. The molecule has 1 aromatic carbocycles. The molecule has 27 heavy (non-hydrogen) atoms. The number of esters is 1. The van der Waals surface area contributed by atoms with Gasteiger partial charge >= 0.3 is 12.1 Å². The van der Waals surface area contributed by atoms with Crippen LogP contribution in [0.1, 0.15) is 37.8 Å². The normalized spacial score (nSPS) is 19.5. The minimum absolute atomic E-state index is 0.105. The van der Waals surface area contributed by atoms with Crippen molar-refractivity contribution in [3.63, 3.8) is 0 Å². The van der Waals surface area contributed by atoms with Gasteiger partial charge in [0.05, 0.1) is 19.8 Å². The van der Waals surface area contributed by atoms with E-state index in [0.29, 0.717) is 6.42 Å². The summed E-state index contributed by atoms with van der Waals surface area (Å²) in [6, 6.07) is 1.28. The number of benzene rings is 1. The van der Waals surface area contributed by atoms with E-state index < -0.39 is 40.7 Å². The molecule has 1 aliphatic rings. The fourth-order valence-electron chi connectivity index (χ4n) is 3.18. The number of hydrogen-bond acceptors (Lipinski definition) is 5. The molecular formula is C18H20ClF2NO5. The molecule has 0 bridgehead atoms. The molecule has 0 aliphatic carbocycles. The summed E-state index contributed by atoms with van der Waals surface area (Å²) in [4.78, 5) is 37.3. The quantitative estimate of drug-likeness (QED) is 0.426. The SMILES string of the molecule is CCOC(=O)CC(=O)[C@H]1CCN(C(=O)OC)[C@H](c2cc(F)c(Cl)c(F)c2)C1. The maximum Gasteiger partial charge on any atom is 0.409 e. The molecule has 0 N–H and O–H groups in total. The summed E-state index contributed by atoms with van der Waals surface area (Å²) in [5.74, 6) is -3.44. The van der Waals surface area contributed by atoms with Gasteiger partial charge in [0.25, 0.3) is 0 Å². The highest BCUT2D eigenvalue weighted by Gasteiger charge is 2.37. The van der Waals surface area contributed by atoms with E-state index in [0.717, 1.165) is 12.1 Å². The molecule has 1 aliphatic heterocycles. The van der Waals surface area contributed by atoms with Crippen LogP contribution in [0.3, 0.4) is 0 Å². The Labute approximate surface area is 160 Å². The molecule has 2 rings (SSSR count). The second kappa shape index (κ2) is 9.12. The van der Waals surface area contributed by atoms with Gasteiger partial charge in [-0.3, -0.25) is 9.59 Å². The van der Waals surface area contributed by atoms with Gasteiger partial charge in [0.1, 0.15) is 28.9 Å². The maximum atomic E-state index is 13.9. The molecule has 1 aromatic rings. The lowest BCUT2D eigenvalue weighted by atomic mass is 9.84. The maximum absolute atomic E-state index is 13.9. The summed E-state index contributed by atoms with van der Waals surface area (Å²) in [5.41, 5.74) is 0.161. The van der Waals surface area contributed by atoms with Crippen molar-refractivity contribution in [2.24, 2.45) is 5.92 Å². The van der Waals surface area contributed by atoms with Crippen LogP contribution in [-0.4, -0.2) is 43.0 Å². The molecule has 0 aromatic heterocycles. The zero-order valence-electron chi connectivity index (χ0n) is 15.0. The van der Waals surface area contributed by atoms with E-state index in [1.54, 1.807) is 6.92 Å². The van der Waals surface area contributed by atoms with Crippen molar-refractivity contribution in [3.05, 3.63) is 34.4 Å². The number of amides is 1. The van der Waals surface area contributed by atoms with Crippen molar-refractivity contribution >= 4 is 29.4 Å². The third-order valence-electron chi connectivity index (χ3n) is 4.48. The monoisotopic (exact) mass is 403 g/mol. The van der Waals surface area contributed by atoms with Crippen LogP contribution in [0.25, 0.3) is 0 Å². The van der Waals surface area contributed by atoms with Crippen LogP contribution in [0.2, 0.25) is 5.02 Å². The second-order valence-electron chi connectivity index (χ2n) is 6.15. The molecule has 9 heteroatoms. The first-order valence-corrected chi connectivity index (χ1v) is 8.83. The number of ether oxygens (including phenoxy) is 2. The van der Waals surface area contributed by atoms with E-state index in [1.165, 1.54) is 12.0 Å². The number of piperidine rings is 1. The molecule has 0 radical (unpaired) electrons. The van der Waals surface area contributed by atoms with Crippen LogP contribution < -0.4 is 0 Å². The highest BCUT2D eigenvalue weighted by Crippen LogP contribution is 2.37. The molecule has 6 nitrogen and oxygen atoms in total. The number of rotatable bonds is 5. The average molecular weight is 404 g/mol. The van der Waals surface area contributed by atoms with Crippen molar-refractivity contribution < 1.29 is 32.6 Å². The Balaban J connectivity index is 2.27. The van der Waals surface area contributed by atoms with Crippen LogP contribution in [0.5, 0.6) is 0 Å². The topological polar surface area (TPSA) is 72.9 Å². The Morgan fingerprint density at radius 1 is 1.26 bits per heavy atom. The Hall–Kier alpha value is -2.22. The Morgan fingerprint density at radius 3 is 2.44 bits per heavy atom. The molecule has 0 spiro atoms. The Morgan fingerprint density at radius 2 is 1.89 bits per heavy atom. The van der Waals surface area contributed by atoms with Gasteiger partial charge in [0.15, 0.2) is 0 Å². The summed E-state index contributed by atoms with van der Waals surface area (Å²) < 4.78 is 37.3. The Bertz CT molecular complexity index is 719.